The molecule has 6 heteroatoms. The Bertz CT molecular complexity index is 1000. The monoisotopic (exact) mass is 427 g/mol. The van der Waals surface area contributed by atoms with Crippen LogP contribution in [0.4, 0.5) is 5.69 Å². The van der Waals surface area contributed by atoms with Crippen molar-refractivity contribution in [2.45, 2.75) is 32.7 Å². The van der Waals surface area contributed by atoms with Crippen molar-refractivity contribution in [1.29, 1.82) is 0 Å². The predicted octanol–water partition coefficient (Wildman–Crippen LogP) is 6.49. The second-order valence-corrected chi connectivity index (χ2v) is 8.20. The zero-order chi connectivity index (χ0) is 20.8. The van der Waals surface area contributed by atoms with Gasteiger partial charge in [0.2, 0.25) is 5.91 Å². The van der Waals surface area contributed by atoms with Crippen molar-refractivity contribution in [3.63, 3.8) is 0 Å². The normalized spacial score (nSPS) is 10.7. The zero-order valence-electron chi connectivity index (χ0n) is 16.1. The summed E-state index contributed by atoms with van der Waals surface area (Å²) in [7, 11) is 0. The van der Waals surface area contributed by atoms with Crippen LogP contribution in [-0.2, 0) is 11.3 Å². The van der Waals surface area contributed by atoms with Crippen LogP contribution >= 0.6 is 22.9 Å². The lowest BCUT2D eigenvalue weighted by Crippen LogP contribution is -2.31. The summed E-state index contributed by atoms with van der Waals surface area (Å²) in [6.45, 7) is 2.30. The van der Waals surface area contributed by atoms with Crippen LogP contribution in [-0.4, -0.2) is 17.0 Å². The Balaban J connectivity index is 2.04. The van der Waals surface area contributed by atoms with E-state index in [1.165, 1.54) is 11.3 Å². The van der Waals surface area contributed by atoms with E-state index in [0.29, 0.717) is 17.1 Å². The molecular weight excluding hydrogens is 406 g/mol. The molecule has 0 radical (unpaired) electrons. The number of nitrogens with zero attached hydrogens (tertiary/aromatic N) is 1. The Hall–Kier alpha value is -2.63. The predicted molar refractivity (Wildman–Crippen MR) is 119 cm³/mol. The fourth-order valence-electron chi connectivity index (χ4n) is 3.07. The third kappa shape index (κ3) is 5.25. The summed E-state index contributed by atoms with van der Waals surface area (Å²) in [5.41, 5.74) is 2.21. The lowest BCUT2D eigenvalue weighted by Gasteiger charge is -2.23. The van der Waals surface area contributed by atoms with E-state index in [4.69, 9.17) is 11.6 Å². The summed E-state index contributed by atoms with van der Waals surface area (Å²) in [6.07, 6.45) is 2.01. The molecule has 2 aromatic carbocycles. The quantitative estimate of drug-likeness (QED) is 0.447. The maximum atomic E-state index is 13.0. The van der Waals surface area contributed by atoms with Gasteiger partial charge in [0.15, 0.2) is 0 Å². The van der Waals surface area contributed by atoms with E-state index >= 15 is 0 Å². The van der Waals surface area contributed by atoms with Gasteiger partial charge in [0, 0.05) is 16.3 Å². The number of halogens is 1. The standard InChI is InChI=1S/C23H22ClNO3S/c1-2-3-12-21(26)25(15-16-8-7-11-18(24)13-16)19-14-20(29-22(19)23(27)28)17-9-5-4-6-10-17/h4-11,13-14H,2-3,12,15H2,1H3,(H,27,28). The van der Waals surface area contributed by atoms with Gasteiger partial charge in [0.25, 0.3) is 0 Å². The average Bonchev–Trinajstić information content (AvgIpc) is 3.16. The van der Waals surface area contributed by atoms with E-state index in [1.807, 2.05) is 49.4 Å². The average molecular weight is 428 g/mol. The molecule has 0 spiro atoms. The highest BCUT2D eigenvalue weighted by Crippen LogP contribution is 2.38. The van der Waals surface area contributed by atoms with Gasteiger partial charge in [-0.25, -0.2) is 4.79 Å². The highest BCUT2D eigenvalue weighted by molar-refractivity contribution is 7.18. The maximum absolute atomic E-state index is 13.0. The molecule has 150 valence electrons. The van der Waals surface area contributed by atoms with Crippen LogP contribution in [0.1, 0.15) is 41.4 Å². The van der Waals surface area contributed by atoms with E-state index in [0.717, 1.165) is 28.8 Å². The molecule has 0 fully saturated rings. The first-order valence-electron chi connectivity index (χ1n) is 9.47. The van der Waals surface area contributed by atoms with Gasteiger partial charge in [-0.1, -0.05) is 67.4 Å². The third-order valence-corrected chi connectivity index (χ3v) is 5.93. The molecule has 0 atom stereocenters. The summed E-state index contributed by atoms with van der Waals surface area (Å²) in [5, 5.41) is 10.4. The van der Waals surface area contributed by atoms with Gasteiger partial charge in [-0.05, 0) is 35.7 Å². The molecule has 1 heterocycles. The number of carbonyl (C=O) groups excluding carboxylic acids is 1. The third-order valence-electron chi connectivity index (χ3n) is 4.53. The van der Waals surface area contributed by atoms with Crippen molar-refractivity contribution in [3.05, 3.63) is 76.1 Å². The number of hydrogen-bond donors (Lipinski definition) is 1. The number of benzene rings is 2. The Kier molecular flexibility index (Phi) is 7.07. The Morgan fingerprint density at radius 2 is 1.83 bits per heavy atom. The first-order valence-corrected chi connectivity index (χ1v) is 10.7. The smallest absolute Gasteiger partial charge is 0.348 e. The van der Waals surface area contributed by atoms with Crippen molar-refractivity contribution < 1.29 is 14.7 Å². The number of aromatic carboxylic acids is 1. The molecule has 3 rings (SSSR count). The molecule has 0 aliphatic heterocycles. The minimum Gasteiger partial charge on any atom is -0.477 e. The molecule has 4 nitrogen and oxygen atoms in total. The summed E-state index contributed by atoms with van der Waals surface area (Å²) in [4.78, 5) is 27.5. The molecule has 1 aromatic heterocycles. The van der Waals surface area contributed by atoms with Crippen molar-refractivity contribution in [2.24, 2.45) is 0 Å². The number of carbonyl (C=O) groups is 2. The van der Waals surface area contributed by atoms with Crippen LogP contribution in [0.25, 0.3) is 10.4 Å². The summed E-state index contributed by atoms with van der Waals surface area (Å²) < 4.78 is 0. The lowest BCUT2D eigenvalue weighted by molar-refractivity contribution is -0.118. The number of anilines is 1. The molecule has 0 aliphatic rings. The lowest BCUT2D eigenvalue weighted by atomic mass is 10.1. The van der Waals surface area contributed by atoms with Crippen LogP contribution < -0.4 is 4.90 Å². The summed E-state index contributed by atoms with van der Waals surface area (Å²) in [5.74, 6) is -1.13. The van der Waals surface area contributed by atoms with Crippen molar-refractivity contribution >= 4 is 40.5 Å². The van der Waals surface area contributed by atoms with Crippen LogP contribution in [0.2, 0.25) is 5.02 Å². The second kappa shape index (κ2) is 9.72. The topological polar surface area (TPSA) is 57.6 Å². The second-order valence-electron chi connectivity index (χ2n) is 6.71. The van der Waals surface area contributed by atoms with Gasteiger partial charge < -0.3 is 10.0 Å². The van der Waals surface area contributed by atoms with E-state index in [2.05, 4.69) is 0 Å². The molecule has 0 bridgehead atoms. The molecular formula is C23H22ClNO3S. The first kappa shape index (κ1) is 21.1. The number of carboxylic acids is 1. The number of hydrogen-bond acceptors (Lipinski definition) is 3. The maximum Gasteiger partial charge on any atom is 0.348 e. The van der Waals surface area contributed by atoms with Crippen LogP contribution in [0, 0.1) is 0 Å². The van der Waals surface area contributed by atoms with Gasteiger partial charge in [-0.3, -0.25) is 4.79 Å². The van der Waals surface area contributed by atoms with Gasteiger partial charge >= 0.3 is 5.97 Å². The van der Waals surface area contributed by atoms with Gasteiger partial charge in [-0.2, -0.15) is 0 Å². The van der Waals surface area contributed by atoms with Crippen LogP contribution in [0.15, 0.2) is 60.7 Å². The fourth-order valence-corrected chi connectivity index (χ4v) is 4.29. The van der Waals surface area contributed by atoms with Crippen molar-refractivity contribution in [2.75, 3.05) is 4.90 Å². The highest BCUT2D eigenvalue weighted by atomic mass is 35.5. The first-order chi connectivity index (χ1) is 14.0. The number of thiophene rings is 1. The Labute approximate surface area is 179 Å². The molecule has 0 saturated carbocycles. The molecule has 0 aliphatic carbocycles. The SMILES string of the molecule is CCCCC(=O)N(Cc1cccc(Cl)c1)c1cc(-c2ccccc2)sc1C(=O)O. The van der Waals surface area contributed by atoms with Gasteiger partial charge in [0.1, 0.15) is 4.88 Å². The van der Waals surface area contributed by atoms with Gasteiger partial charge in [-0.15, -0.1) is 11.3 Å². The zero-order valence-corrected chi connectivity index (χ0v) is 17.7. The van der Waals surface area contributed by atoms with E-state index in [-0.39, 0.29) is 17.3 Å². The molecule has 1 N–H and O–H groups in total. The molecule has 29 heavy (non-hydrogen) atoms. The van der Waals surface area contributed by atoms with Crippen molar-refractivity contribution in [1.82, 2.24) is 0 Å². The molecule has 3 aromatic rings. The molecule has 0 saturated heterocycles. The number of rotatable bonds is 8. The minimum absolute atomic E-state index is 0.0910. The van der Waals surface area contributed by atoms with Crippen LogP contribution in [0.3, 0.4) is 0 Å². The molecule has 1 amide bonds. The van der Waals surface area contributed by atoms with E-state index < -0.39 is 5.97 Å². The fraction of sp³-hybridized carbons (Fsp3) is 0.217. The van der Waals surface area contributed by atoms with Gasteiger partial charge in [0.05, 0.1) is 12.2 Å². The van der Waals surface area contributed by atoms with E-state index in [9.17, 15) is 14.7 Å². The Morgan fingerprint density at radius 3 is 2.48 bits per heavy atom. The van der Waals surface area contributed by atoms with E-state index in [1.54, 1.807) is 23.1 Å². The number of unbranched alkanes of at least 4 members (excludes halogenated alkanes) is 1. The number of carboxylic acid groups (broad SMARTS) is 1. The molecule has 0 unspecified atom stereocenters. The largest absolute Gasteiger partial charge is 0.477 e. The highest BCUT2D eigenvalue weighted by Gasteiger charge is 2.25. The Morgan fingerprint density at radius 1 is 1.07 bits per heavy atom. The summed E-state index contributed by atoms with van der Waals surface area (Å²) in [6, 6.07) is 18.7. The van der Waals surface area contributed by atoms with Crippen molar-refractivity contribution in [3.8, 4) is 10.4 Å². The minimum atomic E-state index is -1.04. The summed E-state index contributed by atoms with van der Waals surface area (Å²) >= 11 is 7.29. The number of amides is 1. The van der Waals surface area contributed by atoms with Crippen LogP contribution in [0.5, 0.6) is 0 Å².